The van der Waals surface area contributed by atoms with Crippen LogP contribution in [0.1, 0.15) is 11.1 Å². The van der Waals surface area contributed by atoms with Gasteiger partial charge in [-0.3, -0.25) is 10.1 Å². The third-order valence-corrected chi connectivity index (χ3v) is 4.29. The maximum absolute atomic E-state index is 12.9. The van der Waals surface area contributed by atoms with Crippen LogP contribution in [-0.4, -0.2) is 14.9 Å². The summed E-state index contributed by atoms with van der Waals surface area (Å²) in [6.45, 7) is 1.57. The highest BCUT2D eigenvalue weighted by Crippen LogP contribution is 2.38. The van der Waals surface area contributed by atoms with Crippen LogP contribution in [0.15, 0.2) is 41.1 Å². The van der Waals surface area contributed by atoms with E-state index in [2.05, 4.69) is 31.2 Å². The van der Waals surface area contributed by atoms with Crippen LogP contribution in [0, 0.1) is 17.0 Å². The third kappa shape index (κ3) is 3.32. The Labute approximate surface area is 153 Å². The second-order valence-corrected chi connectivity index (χ2v) is 6.28. The van der Waals surface area contributed by atoms with Crippen molar-refractivity contribution in [3.8, 4) is 0 Å². The molecule has 134 valence electrons. The van der Waals surface area contributed by atoms with E-state index in [4.69, 9.17) is 0 Å². The number of nitro groups is 1. The normalized spacial score (nSPS) is 11.6. The zero-order valence-corrected chi connectivity index (χ0v) is 14.7. The second-order valence-electron chi connectivity index (χ2n) is 5.43. The molecule has 6 nitrogen and oxygen atoms in total. The zero-order chi connectivity index (χ0) is 19.1. The summed E-state index contributed by atoms with van der Waals surface area (Å²) in [6.07, 6.45) is -3.36. The standard InChI is InChI=1S/C16H10BrF3N4O2/c1-8-5-11(17)12-13(14(8)24(25)26)21-7-22-15(12)23-10-4-2-3-9(6-10)16(18,19)20/h2-7H,1H3,(H,21,22,23). The molecule has 2 aromatic carbocycles. The van der Waals surface area contributed by atoms with E-state index >= 15 is 0 Å². The number of hydrogen-bond donors (Lipinski definition) is 1. The SMILES string of the molecule is Cc1cc(Br)c2c(Nc3cccc(C(F)(F)F)c3)ncnc2c1[N+](=O)[O-]. The highest BCUT2D eigenvalue weighted by atomic mass is 79.9. The van der Waals surface area contributed by atoms with Gasteiger partial charge in [-0.25, -0.2) is 9.97 Å². The van der Waals surface area contributed by atoms with Crippen LogP contribution in [0.3, 0.4) is 0 Å². The minimum Gasteiger partial charge on any atom is -0.340 e. The van der Waals surface area contributed by atoms with Gasteiger partial charge in [0.1, 0.15) is 12.1 Å². The van der Waals surface area contributed by atoms with Crippen LogP contribution in [0.5, 0.6) is 0 Å². The molecule has 0 bridgehead atoms. The van der Waals surface area contributed by atoms with Gasteiger partial charge < -0.3 is 5.32 Å². The first kappa shape index (κ1) is 18.1. The van der Waals surface area contributed by atoms with Gasteiger partial charge in [0.25, 0.3) is 5.69 Å². The number of hydrogen-bond acceptors (Lipinski definition) is 5. The largest absolute Gasteiger partial charge is 0.416 e. The lowest BCUT2D eigenvalue weighted by Gasteiger charge is -2.12. The monoisotopic (exact) mass is 426 g/mol. The third-order valence-electron chi connectivity index (χ3n) is 3.66. The lowest BCUT2D eigenvalue weighted by atomic mass is 10.1. The van der Waals surface area contributed by atoms with Gasteiger partial charge in [-0.15, -0.1) is 0 Å². The topological polar surface area (TPSA) is 81.0 Å². The fourth-order valence-electron chi connectivity index (χ4n) is 2.54. The van der Waals surface area contributed by atoms with Crippen LogP contribution < -0.4 is 5.32 Å². The van der Waals surface area contributed by atoms with Crippen LogP contribution in [0.4, 0.5) is 30.4 Å². The number of aromatic nitrogens is 2. The highest BCUT2D eigenvalue weighted by Gasteiger charge is 2.30. The number of alkyl halides is 3. The van der Waals surface area contributed by atoms with E-state index in [1.807, 2.05) is 0 Å². The van der Waals surface area contributed by atoms with Gasteiger partial charge in [-0.2, -0.15) is 13.2 Å². The van der Waals surface area contributed by atoms with Crippen LogP contribution >= 0.6 is 15.9 Å². The number of fused-ring (bicyclic) bond motifs is 1. The Balaban J connectivity index is 2.16. The van der Waals surface area contributed by atoms with Gasteiger partial charge in [0.2, 0.25) is 0 Å². The molecule has 0 saturated heterocycles. The maximum atomic E-state index is 12.9. The molecule has 1 N–H and O–H groups in total. The lowest BCUT2D eigenvalue weighted by molar-refractivity contribution is -0.383. The number of nitrogens with one attached hydrogen (secondary N) is 1. The van der Waals surface area contributed by atoms with Crippen molar-refractivity contribution < 1.29 is 18.1 Å². The summed E-state index contributed by atoms with van der Waals surface area (Å²) in [6, 6.07) is 6.13. The second kappa shape index (κ2) is 6.52. The molecular formula is C16H10BrF3N4O2. The van der Waals surface area contributed by atoms with Crippen molar-refractivity contribution >= 4 is 44.0 Å². The molecule has 0 aliphatic rings. The van der Waals surface area contributed by atoms with Crippen molar-refractivity contribution in [1.82, 2.24) is 9.97 Å². The van der Waals surface area contributed by atoms with E-state index < -0.39 is 16.7 Å². The van der Waals surface area contributed by atoms with Gasteiger partial charge in [-0.1, -0.05) is 6.07 Å². The molecule has 0 aliphatic heterocycles. The molecule has 3 rings (SSSR count). The summed E-state index contributed by atoms with van der Waals surface area (Å²) in [5, 5.41) is 14.4. The van der Waals surface area contributed by atoms with E-state index in [0.29, 0.717) is 15.4 Å². The number of benzene rings is 2. The Bertz CT molecular complexity index is 1020. The van der Waals surface area contributed by atoms with E-state index in [1.165, 1.54) is 12.1 Å². The molecule has 0 atom stereocenters. The van der Waals surface area contributed by atoms with Gasteiger partial charge >= 0.3 is 6.18 Å². The molecule has 3 aromatic rings. The van der Waals surface area contributed by atoms with Gasteiger partial charge in [0.05, 0.1) is 15.9 Å². The van der Waals surface area contributed by atoms with Crippen molar-refractivity contribution in [3.63, 3.8) is 0 Å². The van der Waals surface area contributed by atoms with Crippen LogP contribution in [0.25, 0.3) is 10.9 Å². The number of rotatable bonds is 3. The average Bonchev–Trinajstić information content (AvgIpc) is 2.53. The molecule has 26 heavy (non-hydrogen) atoms. The average molecular weight is 427 g/mol. The Hall–Kier alpha value is -2.75. The van der Waals surface area contributed by atoms with E-state index in [-0.39, 0.29) is 22.7 Å². The minimum absolute atomic E-state index is 0.0892. The summed E-state index contributed by atoms with van der Waals surface area (Å²) in [4.78, 5) is 18.8. The van der Waals surface area contributed by atoms with Crippen molar-refractivity contribution in [2.24, 2.45) is 0 Å². The Morgan fingerprint density at radius 3 is 2.62 bits per heavy atom. The molecule has 0 spiro atoms. The molecule has 0 aliphatic carbocycles. The molecule has 0 unspecified atom stereocenters. The molecule has 0 saturated carbocycles. The van der Waals surface area contributed by atoms with Gasteiger partial charge in [-0.05, 0) is 47.1 Å². The summed E-state index contributed by atoms with van der Waals surface area (Å²) in [5.74, 6) is 0.157. The molecule has 0 amide bonds. The predicted octanol–water partition coefficient (Wildman–Crippen LogP) is 5.37. The number of aryl methyl sites for hydroxylation is 1. The van der Waals surface area contributed by atoms with E-state index in [9.17, 15) is 23.3 Å². The minimum atomic E-state index is -4.48. The van der Waals surface area contributed by atoms with Crippen LogP contribution in [0.2, 0.25) is 0 Å². The number of nitro benzene ring substituents is 1. The number of halogens is 4. The summed E-state index contributed by atoms with van der Waals surface area (Å²) >= 11 is 3.32. The Morgan fingerprint density at radius 2 is 1.96 bits per heavy atom. The number of anilines is 2. The summed E-state index contributed by atoms with van der Waals surface area (Å²) in [7, 11) is 0. The fraction of sp³-hybridized carbons (Fsp3) is 0.125. The first-order valence-corrected chi connectivity index (χ1v) is 8.00. The molecule has 0 radical (unpaired) electrons. The molecule has 1 heterocycles. The van der Waals surface area contributed by atoms with Crippen molar-refractivity contribution in [2.45, 2.75) is 13.1 Å². The van der Waals surface area contributed by atoms with Crippen molar-refractivity contribution in [2.75, 3.05) is 5.32 Å². The molecule has 10 heteroatoms. The number of nitrogens with zero attached hydrogens (tertiary/aromatic N) is 3. The predicted molar refractivity (Wildman–Crippen MR) is 93.4 cm³/mol. The van der Waals surface area contributed by atoms with Crippen LogP contribution in [-0.2, 0) is 6.18 Å². The molecule has 0 fully saturated rings. The fourth-order valence-corrected chi connectivity index (χ4v) is 3.26. The Morgan fingerprint density at radius 1 is 1.23 bits per heavy atom. The van der Waals surface area contributed by atoms with Crippen molar-refractivity contribution in [3.05, 3.63) is 62.4 Å². The summed E-state index contributed by atoms with van der Waals surface area (Å²) in [5.41, 5.74) is -0.362. The zero-order valence-electron chi connectivity index (χ0n) is 13.1. The highest BCUT2D eigenvalue weighted by molar-refractivity contribution is 9.10. The smallest absolute Gasteiger partial charge is 0.340 e. The summed E-state index contributed by atoms with van der Waals surface area (Å²) < 4.78 is 39.1. The van der Waals surface area contributed by atoms with Gasteiger partial charge in [0.15, 0.2) is 5.52 Å². The first-order valence-electron chi connectivity index (χ1n) is 7.21. The van der Waals surface area contributed by atoms with Crippen molar-refractivity contribution in [1.29, 1.82) is 0 Å². The van der Waals surface area contributed by atoms with Gasteiger partial charge in [0, 0.05) is 15.7 Å². The molecule has 1 aromatic heterocycles. The quantitative estimate of drug-likeness (QED) is 0.449. The van der Waals surface area contributed by atoms with E-state index in [1.54, 1.807) is 13.0 Å². The first-order chi connectivity index (χ1) is 12.2. The lowest BCUT2D eigenvalue weighted by Crippen LogP contribution is -2.06. The maximum Gasteiger partial charge on any atom is 0.416 e. The van der Waals surface area contributed by atoms with E-state index in [0.717, 1.165) is 18.5 Å². The Kier molecular flexibility index (Phi) is 4.53. The molecular weight excluding hydrogens is 417 g/mol.